The molecule has 0 saturated carbocycles. The lowest BCUT2D eigenvalue weighted by atomic mass is 9.77. The summed E-state index contributed by atoms with van der Waals surface area (Å²) in [6.07, 6.45) is 4.16. The van der Waals surface area contributed by atoms with E-state index in [9.17, 15) is 5.26 Å². The maximum absolute atomic E-state index is 10.0. The number of hydrogen-bond donors (Lipinski definition) is 1. The van der Waals surface area contributed by atoms with Crippen LogP contribution >= 0.6 is 11.6 Å². The van der Waals surface area contributed by atoms with Crippen LogP contribution < -0.4 is 5.73 Å². The molecule has 0 bridgehead atoms. The van der Waals surface area contributed by atoms with Gasteiger partial charge in [0.05, 0.1) is 12.6 Å². The Morgan fingerprint density at radius 1 is 1.20 bits per heavy atom. The van der Waals surface area contributed by atoms with Crippen LogP contribution in [0.3, 0.4) is 0 Å². The lowest BCUT2D eigenvalue weighted by Gasteiger charge is -2.30. The van der Waals surface area contributed by atoms with Crippen molar-refractivity contribution in [3.05, 3.63) is 83.5 Å². The highest BCUT2D eigenvalue weighted by Gasteiger charge is 2.34. The molecule has 2 N–H and O–H groups in total. The fraction of sp³-hybridized carbons (Fsp3) is 0.200. The fourth-order valence-electron chi connectivity index (χ4n) is 2.75. The predicted octanol–water partition coefficient (Wildman–Crippen LogP) is 4.08. The monoisotopic (exact) mass is 352 g/mol. The van der Waals surface area contributed by atoms with E-state index in [1.165, 1.54) is 6.34 Å². The van der Waals surface area contributed by atoms with Crippen molar-refractivity contribution in [2.75, 3.05) is 6.54 Å². The average molecular weight is 353 g/mol. The molecule has 0 heterocycles. The molecule has 0 spiro atoms. The molecule has 0 amide bonds. The molecule has 2 aromatic rings. The summed E-state index contributed by atoms with van der Waals surface area (Å²) < 4.78 is 0. The highest BCUT2D eigenvalue weighted by molar-refractivity contribution is 6.30. The van der Waals surface area contributed by atoms with Crippen LogP contribution in [-0.2, 0) is 11.8 Å². The quantitative estimate of drug-likeness (QED) is 0.442. The van der Waals surface area contributed by atoms with Crippen molar-refractivity contribution >= 4 is 17.9 Å². The maximum atomic E-state index is 10.0. The lowest BCUT2D eigenvalue weighted by Crippen LogP contribution is -2.36. The van der Waals surface area contributed by atoms with Crippen molar-refractivity contribution in [2.45, 2.75) is 18.3 Å². The first-order chi connectivity index (χ1) is 12.1. The number of benzene rings is 2. The highest BCUT2D eigenvalue weighted by atomic mass is 35.5. The second-order valence-corrected chi connectivity index (χ2v) is 6.17. The van der Waals surface area contributed by atoms with E-state index >= 15 is 0 Å². The first kappa shape index (κ1) is 18.6. The topological polar surface area (TPSA) is 65.4 Å². The van der Waals surface area contributed by atoms with Gasteiger partial charge in [-0.15, -0.1) is 0 Å². The van der Waals surface area contributed by atoms with Crippen molar-refractivity contribution in [3.63, 3.8) is 0 Å². The van der Waals surface area contributed by atoms with Gasteiger partial charge in [0.1, 0.15) is 11.8 Å². The zero-order chi connectivity index (χ0) is 18.1. The molecule has 0 radical (unpaired) electrons. The molecular formula is C20H21ClN4. The van der Waals surface area contributed by atoms with E-state index in [2.05, 4.69) is 17.7 Å². The Hall–Kier alpha value is -2.77. The molecule has 25 heavy (non-hydrogen) atoms. The summed E-state index contributed by atoms with van der Waals surface area (Å²) in [4.78, 5) is 0. The third-order valence-electron chi connectivity index (χ3n) is 4.15. The Kier molecular flexibility index (Phi) is 6.62. The summed E-state index contributed by atoms with van der Waals surface area (Å²) in [7, 11) is 0. The molecule has 0 aliphatic carbocycles. The van der Waals surface area contributed by atoms with E-state index < -0.39 is 5.41 Å². The Morgan fingerprint density at radius 3 is 2.44 bits per heavy atom. The average Bonchev–Trinajstić information content (AvgIpc) is 2.66. The molecule has 0 aromatic heterocycles. The maximum Gasteiger partial charge on any atom is 0.106 e. The molecule has 5 heteroatoms. The minimum atomic E-state index is -0.735. The van der Waals surface area contributed by atoms with Gasteiger partial charge in [-0.05, 0) is 36.1 Å². The van der Waals surface area contributed by atoms with Gasteiger partial charge in [-0.3, -0.25) is 5.01 Å². The minimum absolute atomic E-state index is 0.373. The van der Waals surface area contributed by atoms with E-state index in [4.69, 9.17) is 17.3 Å². The Labute approximate surface area is 153 Å². The Morgan fingerprint density at radius 2 is 1.88 bits per heavy atom. The van der Waals surface area contributed by atoms with Crippen LogP contribution in [-0.4, -0.2) is 17.9 Å². The third kappa shape index (κ3) is 4.85. The van der Waals surface area contributed by atoms with Crippen LogP contribution in [0, 0.1) is 11.3 Å². The van der Waals surface area contributed by atoms with Crippen molar-refractivity contribution in [2.24, 2.45) is 10.8 Å². The van der Waals surface area contributed by atoms with Gasteiger partial charge in [0.2, 0.25) is 0 Å². The summed E-state index contributed by atoms with van der Waals surface area (Å²) in [5, 5.41) is 16.4. The van der Waals surface area contributed by atoms with Gasteiger partial charge >= 0.3 is 0 Å². The summed E-state index contributed by atoms with van der Waals surface area (Å²) in [6, 6.07) is 20.0. The first-order valence-electron chi connectivity index (χ1n) is 7.98. The van der Waals surface area contributed by atoms with Gasteiger partial charge < -0.3 is 5.73 Å². The van der Waals surface area contributed by atoms with Crippen LogP contribution in [0.1, 0.15) is 17.5 Å². The highest BCUT2D eigenvalue weighted by Crippen LogP contribution is 2.31. The van der Waals surface area contributed by atoms with Gasteiger partial charge in [0.15, 0.2) is 0 Å². The third-order valence-corrected chi connectivity index (χ3v) is 4.40. The van der Waals surface area contributed by atoms with E-state index in [-0.39, 0.29) is 0 Å². The SMILES string of the molecule is C=CN(CC(C#N)(CCc1ccc(Cl)cc1)c1ccccc1)/N=C\N. The lowest BCUT2D eigenvalue weighted by molar-refractivity contribution is 0.312. The molecule has 2 rings (SSSR count). The molecule has 0 aliphatic heterocycles. The number of hydrazone groups is 1. The summed E-state index contributed by atoms with van der Waals surface area (Å²) in [5.74, 6) is 0. The van der Waals surface area contributed by atoms with Crippen molar-refractivity contribution in [3.8, 4) is 6.07 Å². The van der Waals surface area contributed by atoms with E-state index in [1.807, 2.05) is 54.6 Å². The standard InChI is InChI=1S/C20H21ClN4/c1-2-25(24-16-23)15-20(14-22,18-6-4-3-5-7-18)13-12-17-8-10-19(21)11-9-17/h2-11,16H,1,12-13,15H2,(H2,23,24). The van der Waals surface area contributed by atoms with Gasteiger partial charge in [0, 0.05) is 11.2 Å². The van der Waals surface area contributed by atoms with E-state index in [1.54, 1.807) is 11.2 Å². The Balaban J connectivity index is 2.31. The second-order valence-electron chi connectivity index (χ2n) is 5.73. The van der Waals surface area contributed by atoms with E-state index in [0.717, 1.165) is 17.5 Å². The van der Waals surface area contributed by atoms with Gasteiger partial charge in [-0.1, -0.05) is 60.6 Å². The van der Waals surface area contributed by atoms with Crippen LogP contribution in [0.4, 0.5) is 0 Å². The molecule has 0 aliphatic rings. The summed E-state index contributed by atoms with van der Waals surface area (Å²) in [5.41, 5.74) is 6.75. The summed E-state index contributed by atoms with van der Waals surface area (Å²) >= 11 is 5.95. The summed E-state index contributed by atoms with van der Waals surface area (Å²) in [6.45, 7) is 4.13. The van der Waals surface area contributed by atoms with Crippen LogP contribution in [0.5, 0.6) is 0 Å². The number of nitrogens with two attached hydrogens (primary N) is 1. The predicted molar refractivity (Wildman–Crippen MR) is 103 cm³/mol. The number of hydrogen-bond acceptors (Lipinski definition) is 3. The zero-order valence-corrected chi connectivity index (χ0v) is 14.7. The molecule has 0 saturated heterocycles. The smallest absolute Gasteiger partial charge is 0.106 e. The second kappa shape index (κ2) is 8.91. The molecule has 0 fully saturated rings. The van der Waals surface area contributed by atoms with Gasteiger partial charge in [-0.25, -0.2) is 0 Å². The van der Waals surface area contributed by atoms with Gasteiger partial charge in [-0.2, -0.15) is 10.4 Å². The van der Waals surface area contributed by atoms with Crippen molar-refractivity contribution in [1.82, 2.24) is 5.01 Å². The molecule has 4 nitrogen and oxygen atoms in total. The minimum Gasteiger partial charge on any atom is -0.388 e. The molecule has 128 valence electrons. The number of aryl methyl sites for hydroxylation is 1. The molecular weight excluding hydrogens is 332 g/mol. The van der Waals surface area contributed by atoms with Crippen molar-refractivity contribution < 1.29 is 0 Å². The van der Waals surface area contributed by atoms with Crippen molar-refractivity contribution in [1.29, 1.82) is 5.26 Å². The van der Waals surface area contributed by atoms with Crippen LogP contribution in [0.2, 0.25) is 5.02 Å². The number of halogens is 1. The number of nitrogens with zero attached hydrogens (tertiary/aromatic N) is 3. The largest absolute Gasteiger partial charge is 0.388 e. The normalized spacial score (nSPS) is 13.1. The van der Waals surface area contributed by atoms with Crippen LogP contribution in [0.25, 0.3) is 0 Å². The molecule has 1 atom stereocenters. The fourth-order valence-corrected chi connectivity index (χ4v) is 2.88. The first-order valence-corrected chi connectivity index (χ1v) is 8.36. The zero-order valence-electron chi connectivity index (χ0n) is 14.0. The molecule has 2 aromatic carbocycles. The Bertz CT molecular complexity index is 750. The van der Waals surface area contributed by atoms with E-state index in [0.29, 0.717) is 18.0 Å². The van der Waals surface area contributed by atoms with Crippen LogP contribution in [0.15, 0.2) is 72.5 Å². The number of rotatable bonds is 8. The molecule has 1 unspecified atom stereocenters. The number of nitriles is 1. The van der Waals surface area contributed by atoms with Gasteiger partial charge in [0.25, 0.3) is 0 Å².